The van der Waals surface area contributed by atoms with Gasteiger partial charge in [0.05, 0.1) is 6.04 Å². The minimum atomic E-state index is -0.500. The van der Waals surface area contributed by atoms with E-state index in [1.54, 1.807) is 20.8 Å². The molecule has 0 aromatic heterocycles. The van der Waals surface area contributed by atoms with Crippen LogP contribution < -0.4 is 10.6 Å². The topological polar surface area (TPSA) is 67.4 Å². The molecule has 1 aliphatic rings. The number of carbonyl (C=O) groups excluding carboxylic acids is 2. The Morgan fingerprint density at radius 3 is 2.64 bits per heavy atom. The van der Waals surface area contributed by atoms with E-state index in [1.165, 1.54) is 0 Å². The van der Waals surface area contributed by atoms with Gasteiger partial charge in [-0.25, -0.2) is 4.79 Å². The molecule has 0 aliphatic carbocycles. The zero-order valence-corrected chi connectivity index (χ0v) is 8.72. The molecule has 0 bridgehead atoms. The van der Waals surface area contributed by atoms with Crippen molar-refractivity contribution in [3.05, 3.63) is 0 Å². The molecule has 1 rings (SSSR count). The first-order valence-electron chi connectivity index (χ1n) is 4.63. The normalized spacial score (nSPS) is 21.6. The number of carbonyl (C=O) groups is 2. The van der Waals surface area contributed by atoms with Gasteiger partial charge in [0.15, 0.2) is 0 Å². The maximum absolute atomic E-state index is 11.2. The van der Waals surface area contributed by atoms with Gasteiger partial charge in [0.25, 0.3) is 0 Å². The van der Waals surface area contributed by atoms with Gasteiger partial charge in [-0.15, -0.1) is 0 Å². The first-order chi connectivity index (χ1) is 6.37. The van der Waals surface area contributed by atoms with E-state index in [4.69, 9.17) is 4.74 Å². The molecule has 5 heteroatoms. The molecule has 2 N–H and O–H groups in total. The van der Waals surface area contributed by atoms with E-state index in [0.29, 0.717) is 13.0 Å². The highest BCUT2D eigenvalue weighted by Gasteiger charge is 2.25. The van der Waals surface area contributed by atoms with E-state index in [-0.39, 0.29) is 11.9 Å². The highest BCUT2D eigenvalue weighted by atomic mass is 16.6. The molecular formula is C9H16N2O3. The summed E-state index contributed by atoms with van der Waals surface area (Å²) in [6.07, 6.45) is -0.141. The zero-order valence-electron chi connectivity index (χ0n) is 8.72. The third-order valence-electron chi connectivity index (χ3n) is 1.70. The van der Waals surface area contributed by atoms with Gasteiger partial charge in [-0.3, -0.25) is 4.79 Å². The minimum absolute atomic E-state index is 0.0361. The zero-order chi connectivity index (χ0) is 10.8. The van der Waals surface area contributed by atoms with Crippen molar-refractivity contribution >= 4 is 12.0 Å². The van der Waals surface area contributed by atoms with Gasteiger partial charge in [-0.1, -0.05) is 0 Å². The lowest BCUT2D eigenvalue weighted by atomic mass is 10.2. The maximum atomic E-state index is 11.2. The van der Waals surface area contributed by atoms with E-state index in [2.05, 4.69) is 10.6 Å². The van der Waals surface area contributed by atoms with Crippen molar-refractivity contribution in [3.63, 3.8) is 0 Å². The summed E-state index contributed by atoms with van der Waals surface area (Å²) in [4.78, 5) is 22.1. The molecule has 0 aromatic rings. The predicted octanol–water partition coefficient (Wildman–Crippen LogP) is 0.400. The van der Waals surface area contributed by atoms with Crippen LogP contribution in [0.1, 0.15) is 27.2 Å². The van der Waals surface area contributed by atoms with Gasteiger partial charge in [0, 0.05) is 13.0 Å². The van der Waals surface area contributed by atoms with Crippen molar-refractivity contribution in [2.24, 2.45) is 0 Å². The molecule has 1 heterocycles. The maximum Gasteiger partial charge on any atom is 0.407 e. The van der Waals surface area contributed by atoms with Gasteiger partial charge < -0.3 is 15.4 Å². The first-order valence-corrected chi connectivity index (χ1v) is 4.63. The fraction of sp³-hybridized carbons (Fsp3) is 0.778. The Kier molecular flexibility index (Phi) is 2.98. The molecule has 14 heavy (non-hydrogen) atoms. The van der Waals surface area contributed by atoms with Crippen LogP contribution in [-0.2, 0) is 9.53 Å². The number of rotatable bonds is 1. The Labute approximate surface area is 83.2 Å². The van der Waals surface area contributed by atoms with Crippen molar-refractivity contribution in [2.75, 3.05) is 6.54 Å². The summed E-state index contributed by atoms with van der Waals surface area (Å²) < 4.78 is 5.05. The monoisotopic (exact) mass is 200 g/mol. The van der Waals surface area contributed by atoms with Gasteiger partial charge in [-0.2, -0.15) is 0 Å². The van der Waals surface area contributed by atoms with Crippen LogP contribution in [0.3, 0.4) is 0 Å². The van der Waals surface area contributed by atoms with Crippen molar-refractivity contribution in [1.29, 1.82) is 0 Å². The van der Waals surface area contributed by atoms with E-state index < -0.39 is 11.7 Å². The average molecular weight is 200 g/mol. The fourth-order valence-electron chi connectivity index (χ4n) is 1.18. The molecule has 0 radical (unpaired) electrons. The lowest BCUT2D eigenvalue weighted by molar-refractivity contribution is -0.119. The highest BCUT2D eigenvalue weighted by molar-refractivity contribution is 5.80. The van der Waals surface area contributed by atoms with Gasteiger partial charge in [0.2, 0.25) is 5.91 Å². The van der Waals surface area contributed by atoms with Crippen LogP contribution in [0.5, 0.6) is 0 Å². The smallest absolute Gasteiger partial charge is 0.407 e. The van der Waals surface area contributed by atoms with E-state index >= 15 is 0 Å². The van der Waals surface area contributed by atoms with E-state index in [0.717, 1.165) is 0 Å². The molecule has 80 valence electrons. The number of hydrogen-bond acceptors (Lipinski definition) is 3. The third kappa shape index (κ3) is 3.64. The summed E-state index contributed by atoms with van der Waals surface area (Å²) in [7, 11) is 0. The van der Waals surface area contributed by atoms with E-state index in [9.17, 15) is 9.59 Å². The molecule has 1 saturated heterocycles. The van der Waals surface area contributed by atoms with Crippen LogP contribution in [-0.4, -0.2) is 30.2 Å². The molecule has 2 amide bonds. The van der Waals surface area contributed by atoms with Crippen LogP contribution in [0.15, 0.2) is 0 Å². The fourth-order valence-corrected chi connectivity index (χ4v) is 1.18. The number of nitrogens with one attached hydrogen (secondary N) is 2. The van der Waals surface area contributed by atoms with Gasteiger partial charge in [-0.05, 0) is 20.8 Å². The lowest BCUT2D eigenvalue weighted by Crippen LogP contribution is -2.40. The second kappa shape index (κ2) is 3.86. The largest absolute Gasteiger partial charge is 0.444 e. The number of alkyl carbamates (subject to hydrolysis) is 1. The number of hydrogen-bond donors (Lipinski definition) is 2. The molecule has 0 saturated carbocycles. The molecule has 1 unspecified atom stereocenters. The van der Waals surface area contributed by atoms with Crippen molar-refractivity contribution < 1.29 is 14.3 Å². The quantitative estimate of drug-likeness (QED) is 0.643. The molecule has 1 aliphatic heterocycles. The second-order valence-corrected chi connectivity index (χ2v) is 4.35. The van der Waals surface area contributed by atoms with Crippen LogP contribution in [0.25, 0.3) is 0 Å². The lowest BCUT2D eigenvalue weighted by Gasteiger charge is -2.21. The Hall–Kier alpha value is -1.26. The van der Waals surface area contributed by atoms with Crippen molar-refractivity contribution in [2.45, 2.75) is 38.8 Å². The number of amides is 2. The summed E-state index contributed by atoms with van der Waals surface area (Å²) in [5.74, 6) is -0.0361. The Morgan fingerprint density at radius 2 is 2.21 bits per heavy atom. The summed E-state index contributed by atoms with van der Waals surface area (Å²) in [6, 6.07) is -0.141. The SMILES string of the molecule is CC(C)(C)OC(=O)NC1CNC(=O)C1. The molecule has 1 atom stereocenters. The molecular weight excluding hydrogens is 184 g/mol. The van der Waals surface area contributed by atoms with Crippen molar-refractivity contribution in [3.8, 4) is 0 Å². The minimum Gasteiger partial charge on any atom is -0.444 e. The molecule has 0 aromatic carbocycles. The average Bonchev–Trinajstić information content (AvgIpc) is 2.30. The standard InChI is InChI=1S/C9H16N2O3/c1-9(2,3)14-8(13)11-6-4-7(12)10-5-6/h6H,4-5H2,1-3H3,(H,10,12)(H,11,13). The Bertz CT molecular complexity index is 245. The molecule has 5 nitrogen and oxygen atoms in total. The van der Waals surface area contributed by atoms with Crippen LogP contribution in [0.4, 0.5) is 4.79 Å². The summed E-state index contributed by atoms with van der Waals surface area (Å²) in [6.45, 7) is 5.87. The van der Waals surface area contributed by atoms with Crippen LogP contribution in [0, 0.1) is 0 Å². The summed E-state index contributed by atoms with van der Waals surface area (Å²) >= 11 is 0. The second-order valence-electron chi connectivity index (χ2n) is 4.35. The molecule has 0 spiro atoms. The van der Waals surface area contributed by atoms with Crippen molar-refractivity contribution in [1.82, 2.24) is 10.6 Å². The van der Waals surface area contributed by atoms with E-state index in [1.807, 2.05) is 0 Å². The number of ether oxygens (including phenoxy) is 1. The predicted molar refractivity (Wildman–Crippen MR) is 50.8 cm³/mol. The van der Waals surface area contributed by atoms with Gasteiger partial charge >= 0.3 is 6.09 Å². The molecule has 1 fully saturated rings. The summed E-state index contributed by atoms with van der Waals surface area (Å²) in [5, 5.41) is 5.25. The third-order valence-corrected chi connectivity index (χ3v) is 1.70. The van der Waals surface area contributed by atoms with Crippen LogP contribution in [0.2, 0.25) is 0 Å². The summed E-state index contributed by atoms with van der Waals surface area (Å²) in [5.41, 5.74) is -0.500. The Morgan fingerprint density at radius 1 is 1.57 bits per heavy atom. The first kappa shape index (κ1) is 10.8. The van der Waals surface area contributed by atoms with Crippen LogP contribution >= 0.6 is 0 Å². The Balaban J connectivity index is 2.31. The van der Waals surface area contributed by atoms with Gasteiger partial charge in [0.1, 0.15) is 5.60 Å². The highest BCUT2D eigenvalue weighted by Crippen LogP contribution is 2.07.